The Balaban J connectivity index is 0.00000112. The third-order valence-electron chi connectivity index (χ3n) is 3.72. The molecule has 0 radical (unpaired) electrons. The zero-order chi connectivity index (χ0) is 10.2. The standard InChI is InChI=1S/C13H19.2ClH.Zr/c1-11-6-7-12(10-11)13(2)8-4-3-5-9-13;;;/h6-7,10H,3-5,8-9H2,1-2H3;2*1H;/q;;;+2/p-2. The summed E-state index contributed by atoms with van der Waals surface area (Å²) in [5.74, 6) is 0. The normalized spacial score (nSPS) is 31.4. The quantitative estimate of drug-likeness (QED) is 0.529. The Hall–Kier alpha value is 0.943. The predicted octanol–water partition coefficient (Wildman–Crippen LogP) is -1.81. The van der Waals surface area contributed by atoms with Gasteiger partial charge in [0.05, 0.1) is 0 Å². The molecule has 0 amide bonds. The van der Waals surface area contributed by atoms with Gasteiger partial charge in [-0.25, -0.2) is 0 Å². The molecule has 16 heavy (non-hydrogen) atoms. The van der Waals surface area contributed by atoms with Gasteiger partial charge < -0.3 is 24.8 Å². The van der Waals surface area contributed by atoms with Crippen LogP contribution in [0.2, 0.25) is 3.12 Å². The molecule has 1 fully saturated rings. The van der Waals surface area contributed by atoms with E-state index >= 15 is 0 Å². The molecule has 3 heteroatoms. The number of halogens is 2. The SMILES string of the molecule is C[C]1([Zr+2])C=CC(C2(C)CCCCC2)=C1.[Cl-].[Cl-]. The summed E-state index contributed by atoms with van der Waals surface area (Å²) in [7, 11) is 0. The van der Waals surface area contributed by atoms with Crippen LogP contribution in [0, 0.1) is 5.41 Å². The minimum atomic E-state index is 0. The van der Waals surface area contributed by atoms with Gasteiger partial charge in [-0.2, -0.15) is 0 Å². The Morgan fingerprint density at radius 2 is 1.62 bits per heavy atom. The number of rotatable bonds is 1. The maximum Gasteiger partial charge on any atom is -1.00 e. The van der Waals surface area contributed by atoms with E-state index in [9.17, 15) is 0 Å². The topological polar surface area (TPSA) is 0 Å². The van der Waals surface area contributed by atoms with E-state index in [0.717, 1.165) is 0 Å². The summed E-state index contributed by atoms with van der Waals surface area (Å²) < 4.78 is 0.391. The maximum atomic E-state index is 2.51. The fraction of sp³-hybridized carbons (Fsp3) is 0.692. The molecule has 0 spiro atoms. The van der Waals surface area contributed by atoms with Crippen LogP contribution in [0.5, 0.6) is 0 Å². The van der Waals surface area contributed by atoms with Crippen LogP contribution in [0.15, 0.2) is 23.8 Å². The third-order valence-corrected chi connectivity index (χ3v) is 4.48. The molecule has 1 unspecified atom stereocenters. The summed E-state index contributed by atoms with van der Waals surface area (Å²) in [6, 6.07) is 0. The van der Waals surface area contributed by atoms with Gasteiger partial charge in [-0.05, 0) is 0 Å². The second-order valence-electron chi connectivity index (χ2n) is 5.34. The molecule has 0 saturated heterocycles. The van der Waals surface area contributed by atoms with Crippen LogP contribution < -0.4 is 24.8 Å². The van der Waals surface area contributed by atoms with Crippen LogP contribution >= 0.6 is 0 Å². The summed E-state index contributed by atoms with van der Waals surface area (Å²) >= 11 is 1.61. The monoisotopic (exact) mass is 335 g/mol. The summed E-state index contributed by atoms with van der Waals surface area (Å²) in [6.45, 7) is 4.79. The molecule has 1 atom stereocenters. The molecule has 2 rings (SSSR count). The van der Waals surface area contributed by atoms with Crippen LogP contribution in [0.25, 0.3) is 0 Å². The van der Waals surface area contributed by atoms with Crippen LogP contribution in [0.3, 0.4) is 0 Å². The summed E-state index contributed by atoms with van der Waals surface area (Å²) in [5.41, 5.74) is 2.12. The molecule has 0 aliphatic heterocycles. The minimum absolute atomic E-state index is 0. The van der Waals surface area contributed by atoms with Gasteiger partial charge in [0.1, 0.15) is 0 Å². The van der Waals surface area contributed by atoms with E-state index < -0.39 is 0 Å². The fourth-order valence-electron chi connectivity index (χ4n) is 2.68. The average molecular weight is 337 g/mol. The summed E-state index contributed by atoms with van der Waals surface area (Å²) in [6.07, 6.45) is 14.4. The van der Waals surface area contributed by atoms with Crippen molar-refractivity contribution in [3.63, 3.8) is 0 Å². The van der Waals surface area contributed by atoms with Crippen molar-refractivity contribution in [1.29, 1.82) is 0 Å². The van der Waals surface area contributed by atoms with Crippen LogP contribution in [0.1, 0.15) is 46.0 Å². The van der Waals surface area contributed by atoms with E-state index in [4.69, 9.17) is 0 Å². The molecule has 2 aliphatic carbocycles. The van der Waals surface area contributed by atoms with E-state index in [0.29, 0.717) is 8.54 Å². The van der Waals surface area contributed by atoms with Crippen molar-refractivity contribution in [2.75, 3.05) is 0 Å². The smallest absolute Gasteiger partial charge is 1.00 e. The van der Waals surface area contributed by atoms with Crippen molar-refractivity contribution in [2.45, 2.75) is 49.1 Å². The minimum Gasteiger partial charge on any atom is -1.00 e. The van der Waals surface area contributed by atoms with Gasteiger partial charge in [0.15, 0.2) is 0 Å². The first-order valence-electron chi connectivity index (χ1n) is 5.70. The van der Waals surface area contributed by atoms with Crippen LogP contribution in [0.4, 0.5) is 0 Å². The fourth-order valence-corrected chi connectivity index (χ4v) is 3.27. The number of hydrogen-bond donors (Lipinski definition) is 0. The maximum absolute atomic E-state index is 2.51. The van der Waals surface area contributed by atoms with E-state index in [1.807, 2.05) is 0 Å². The van der Waals surface area contributed by atoms with Gasteiger partial charge >= 0.3 is 103 Å². The van der Waals surface area contributed by atoms with Gasteiger partial charge in [0.25, 0.3) is 0 Å². The first-order valence-corrected chi connectivity index (χ1v) is 6.92. The molecule has 0 heterocycles. The van der Waals surface area contributed by atoms with Gasteiger partial charge in [0.2, 0.25) is 0 Å². The molecular weight excluding hydrogens is 318 g/mol. The molecule has 2 aliphatic rings. The second kappa shape index (κ2) is 6.21. The van der Waals surface area contributed by atoms with Crippen molar-refractivity contribution in [2.24, 2.45) is 5.41 Å². The molecule has 89 valence electrons. The molecule has 0 aromatic rings. The van der Waals surface area contributed by atoms with Crippen LogP contribution in [-0.2, 0) is 24.7 Å². The molecule has 0 aromatic carbocycles. The Kier molecular flexibility index (Phi) is 6.58. The van der Waals surface area contributed by atoms with Gasteiger partial charge in [-0.3, -0.25) is 0 Å². The zero-order valence-electron chi connectivity index (χ0n) is 10.0. The Morgan fingerprint density at radius 1 is 1.06 bits per heavy atom. The van der Waals surface area contributed by atoms with Gasteiger partial charge in [0, 0.05) is 0 Å². The predicted molar refractivity (Wildman–Crippen MR) is 56.8 cm³/mol. The Morgan fingerprint density at radius 3 is 2.06 bits per heavy atom. The molecule has 0 N–H and O–H groups in total. The van der Waals surface area contributed by atoms with Crippen molar-refractivity contribution >= 4 is 0 Å². The molecule has 0 aromatic heterocycles. The molecule has 0 nitrogen and oxygen atoms in total. The summed E-state index contributed by atoms with van der Waals surface area (Å²) in [4.78, 5) is 0. The van der Waals surface area contributed by atoms with Crippen LogP contribution in [-0.4, -0.2) is 0 Å². The van der Waals surface area contributed by atoms with Crippen molar-refractivity contribution in [1.82, 2.24) is 0 Å². The van der Waals surface area contributed by atoms with E-state index in [-0.39, 0.29) is 24.8 Å². The molecule has 0 bridgehead atoms. The second-order valence-corrected chi connectivity index (χ2v) is 7.99. The Labute approximate surface area is 127 Å². The molecular formula is C13H19Cl2Zr. The van der Waals surface area contributed by atoms with E-state index in [2.05, 4.69) is 32.1 Å². The van der Waals surface area contributed by atoms with E-state index in [1.165, 1.54) is 32.1 Å². The first kappa shape index (κ1) is 16.9. The largest absolute Gasteiger partial charge is 1.00 e. The number of hydrogen-bond acceptors (Lipinski definition) is 0. The van der Waals surface area contributed by atoms with Gasteiger partial charge in [-0.15, -0.1) is 0 Å². The van der Waals surface area contributed by atoms with Gasteiger partial charge in [-0.1, -0.05) is 0 Å². The summed E-state index contributed by atoms with van der Waals surface area (Å²) in [5, 5.41) is 0. The first-order chi connectivity index (χ1) is 6.52. The van der Waals surface area contributed by atoms with Crippen molar-refractivity contribution in [3.8, 4) is 0 Å². The van der Waals surface area contributed by atoms with Crippen molar-refractivity contribution in [3.05, 3.63) is 23.8 Å². The third kappa shape index (κ3) is 3.72. The average Bonchev–Trinajstić information content (AvgIpc) is 2.48. The zero-order valence-corrected chi connectivity index (χ0v) is 14.0. The number of allylic oxidation sites excluding steroid dienone is 4. The Bertz CT molecular complexity index is 286. The van der Waals surface area contributed by atoms with E-state index in [1.54, 1.807) is 30.3 Å². The van der Waals surface area contributed by atoms with Crippen molar-refractivity contribution < 1.29 is 49.5 Å². The molecule has 1 saturated carbocycles.